The quantitative estimate of drug-likeness (QED) is 0.457. The van der Waals surface area contributed by atoms with Crippen LogP contribution in [-0.2, 0) is 21.2 Å². The Morgan fingerprint density at radius 3 is 2.10 bits per heavy atom. The van der Waals surface area contributed by atoms with Crippen molar-refractivity contribution in [2.45, 2.75) is 56.5 Å². The van der Waals surface area contributed by atoms with Gasteiger partial charge >= 0.3 is 0 Å². The lowest BCUT2D eigenvalue weighted by Crippen LogP contribution is -2.46. The van der Waals surface area contributed by atoms with Crippen LogP contribution in [0.1, 0.15) is 50.2 Å². The standard InChI is InChI=1S/C30H41N3O3S.2ClH/c1-23(2)33-21-26(28(22-33)25-7-5-4-6-8-25)20-31-16-13-30(14-17-31)15-18-32(29(30)34)19-24-9-11-27(12-10-24)37(3,35)36;;/h4-12,23,26,28H,13-22H2,1-3H3;2*1H/t26-,28?;;/m0../s1. The number of carbonyl (C=O) groups excluding carboxylic acids is 1. The minimum Gasteiger partial charge on any atom is -0.338 e. The average Bonchev–Trinajstić information content (AvgIpc) is 3.43. The van der Waals surface area contributed by atoms with E-state index in [4.69, 9.17) is 0 Å². The predicted molar refractivity (Wildman–Crippen MR) is 162 cm³/mol. The zero-order chi connectivity index (χ0) is 26.2. The van der Waals surface area contributed by atoms with E-state index in [1.165, 1.54) is 11.8 Å². The zero-order valence-corrected chi connectivity index (χ0v) is 25.7. The molecule has 1 amide bonds. The van der Waals surface area contributed by atoms with Crippen LogP contribution < -0.4 is 0 Å². The van der Waals surface area contributed by atoms with Gasteiger partial charge in [0.05, 0.1) is 10.3 Å². The van der Waals surface area contributed by atoms with Crippen molar-refractivity contribution < 1.29 is 13.2 Å². The largest absolute Gasteiger partial charge is 0.338 e. The molecule has 6 nitrogen and oxygen atoms in total. The first kappa shape index (κ1) is 31.9. The molecule has 3 heterocycles. The zero-order valence-electron chi connectivity index (χ0n) is 23.3. The number of hydrogen-bond acceptors (Lipinski definition) is 5. The fraction of sp³-hybridized carbons (Fsp3) is 0.567. The summed E-state index contributed by atoms with van der Waals surface area (Å²) in [6, 6.07) is 18.5. The summed E-state index contributed by atoms with van der Waals surface area (Å²) in [4.78, 5) is 21.1. The normalized spacial score (nSPS) is 23.7. The van der Waals surface area contributed by atoms with Gasteiger partial charge in [-0.15, -0.1) is 24.8 Å². The van der Waals surface area contributed by atoms with Gasteiger partial charge in [-0.2, -0.15) is 0 Å². The molecule has 0 aromatic heterocycles. The predicted octanol–water partition coefficient (Wildman–Crippen LogP) is 4.87. The molecule has 2 atom stereocenters. The van der Waals surface area contributed by atoms with Crippen molar-refractivity contribution in [2.75, 3.05) is 45.5 Å². The van der Waals surface area contributed by atoms with Crippen LogP contribution in [0.2, 0.25) is 0 Å². The third-order valence-electron chi connectivity index (χ3n) is 9.06. The van der Waals surface area contributed by atoms with Crippen molar-refractivity contribution in [2.24, 2.45) is 11.3 Å². The van der Waals surface area contributed by atoms with Crippen LogP contribution in [0.4, 0.5) is 0 Å². The summed E-state index contributed by atoms with van der Waals surface area (Å²) in [5.41, 5.74) is 2.22. The first-order valence-electron chi connectivity index (χ1n) is 13.7. The first-order valence-corrected chi connectivity index (χ1v) is 15.6. The van der Waals surface area contributed by atoms with Crippen molar-refractivity contribution in [1.29, 1.82) is 0 Å². The van der Waals surface area contributed by atoms with Crippen molar-refractivity contribution in [1.82, 2.24) is 14.7 Å². The van der Waals surface area contributed by atoms with Crippen molar-refractivity contribution >= 4 is 40.6 Å². The van der Waals surface area contributed by atoms with Crippen LogP contribution in [0, 0.1) is 11.3 Å². The van der Waals surface area contributed by atoms with Gasteiger partial charge < -0.3 is 9.80 Å². The van der Waals surface area contributed by atoms with E-state index in [0.29, 0.717) is 29.3 Å². The average molecular weight is 597 g/mol. The Morgan fingerprint density at radius 2 is 1.51 bits per heavy atom. The molecule has 3 aliphatic rings. The molecular formula is C30H43Cl2N3O3S. The van der Waals surface area contributed by atoms with E-state index in [1.54, 1.807) is 12.1 Å². The van der Waals surface area contributed by atoms with Gasteiger partial charge in [0.25, 0.3) is 0 Å². The number of rotatable bonds is 7. The Labute approximate surface area is 246 Å². The smallest absolute Gasteiger partial charge is 0.229 e. The molecular weight excluding hydrogens is 553 g/mol. The maximum absolute atomic E-state index is 13.5. The topological polar surface area (TPSA) is 60.9 Å². The van der Waals surface area contributed by atoms with Gasteiger partial charge in [-0.1, -0.05) is 42.5 Å². The molecule has 216 valence electrons. The highest BCUT2D eigenvalue weighted by Gasteiger charge is 2.48. The molecule has 3 aliphatic heterocycles. The van der Waals surface area contributed by atoms with E-state index in [9.17, 15) is 13.2 Å². The SMILES string of the molecule is CC(C)N1CC(c2ccccc2)[C@@H](CN2CCC3(CC2)CCN(Cc2ccc(S(C)(=O)=O)cc2)C3=O)C1.Cl.Cl. The molecule has 2 aromatic rings. The van der Waals surface area contributed by atoms with Gasteiger partial charge in [-0.25, -0.2) is 8.42 Å². The molecule has 1 spiro atoms. The number of nitrogens with zero attached hydrogens (tertiary/aromatic N) is 3. The van der Waals surface area contributed by atoms with Gasteiger partial charge in [0.1, 0.15) is 0 Å². The number of hydrogen-bond donors (Lipinski definition) is 0. The Bertz CT molecular complexity index is 1200. The summed E-state index contributed by atoms with van der Waals surface area (Å²) in [5, 5.41) is 0. The van der Waals surface area contributed by atoms with Crippen LogP contribution in [-0.4, -0.2) is 80.6 Å². The molecule has 0 saturated carbocycles. The van der Waals surface area contributed by atoms with Gasteiger partial charge in [0.2, 0.25) is 5.91 Å². The summed E-state index contributed by atoms with van der Waals surface area (Å²) < 4.78 is 23.5. The fourth-order valence-corrected chi connectivity index (χ4v) is 7.28. The lowest BCUT2D eigenvalue weighted by atomic mass is 9.76. The van der Waals surface area contributed by atoms with Crippen molar-refractivity contribution in [3.63, 3.8) is 0 Å². The lowest BCUT2D eigenvalue weighted by molar-refractivity contribution is -0.139. The Hall–Kier alpha value is -1.64. The molecule has 9 heteroatoms. The van der Waals surface area contributed by atoms with Gasteiger partial charge in [0.15, 0.2) is 9.84 Å². The number of carbonyl (C=O) groups is 1. The third-order valence-corrected chi connectivity index (χ3v) is 10.2. The molecule has 0 aliphatic carbocycles. The fourth-order valence-electron chi connectivity index (χ4n) is 6.65. The minimum atomic E-state index is -3.21. The maximum Gasteiger partial charge on any atom is 0.229 e. The summed E-state index contributed by atoms with van der Waals surface area (Å²) in [6.07, 6.45) is 4.02. The van der Waals surface area contributed by atoms with Crippen LogP contribution in [0.5, 0.6) is 0 Å². The highest BCUT2D eigenvalue weighted by atomic mass is 35.5. The van der Waals surface area contributed by atoms with E-state index in [0.717, 1.165) is 64.1 Å². The second-order valence-electron chi connectivity index (χ2n) is 11.8. The van der Waals surface area contributed by atoms with Crippen LogP contribution in [0.25, 0.3) is 0 Å². The highest BCUT2D eigenvalue weighted by Crippen LogP contribution is 2.43. The first-order chi connectivity index (χ1) is 17.6. The number of benzene rings is 2. The van der Waals surface area contributed by atoms with E-state index in [-0.39, 0.29) is 36.1 Å². The Balaban J connectivity index is 0.00000210. The molecule has 3 fully saturated rings. The van der Waals surface area contributed by atoms with Crippen molar-refractivity contribution in [3.8, 4) is 0 Å². The van der Waals surface area contributed by atoms with Crippen LogP contribution in [0.3, 0.4) is 0 Å². The molecule has 0 bridgehead atoms. The molecule has 5 rings (SSSR count). The number of halogens is 2. The second-order valence-corrected chi connectivity index (χ2v) is 13.8. The van der Waals surface area contributed by atoms with E-state index in [1.807, 2.05) is 17.0 Å². The van der Waals surface area contributed by atoms with Crippen molar-refractivity contribution in [3.05, 3.63) is 65.7 Å². The summed E-state index contributed by atoms with van der Waals surface area (Å²) in [5.74, 6) is 1.47. The molecule has 2 aromatic carbocycles. The van der Waals surface area contributed by atoms with Gasteiger partial charge in [0, 0.05) is 50.9 Å². The number of amides is 1. The van der Waals surface area contributed by atoms with Crippen LogP contribution in [0.15, 0.2) is 59.5 Å². The number of likely N-dealkylation sites (tertiary alicyclic amines) is 3. The second kappa shape index (κ2) is 12.9. The van der Waals surface area contributed by atoms with E-state index >= 15 is 0 Å². The van der Waals surface area contributed by atoms with E-state index in [2.05, 4.69) is 54.0 Å². The number of sulfone groups is 1. The Kier molecular flexibility index (Phi) is 10.5. The highest BCUT2D eigenvalue weighted by molar-refractivity contribution is 7.90. The summed E-state index contributed by atoms with van der Waals surface area (Å²) in [6.45, 7) is 11.3. The molecule has 39 heavy (non-hydrogen) atoms. The summed E-state index contributed by atoms with van der Waals surface area (Å²) in [7, 11) is -3.21. The molecule has 0 radical (unpaired) electrons. The lowest BCUT2D eigenvalue weighted by Gasteiger charge is -2.39. The monoisotopic (exact) mass is 595 g/mol. The maximum atomic E-state index is 13.5. The molecule has 3 saturated heterocycles. The van der Waals surface area contributed by atoms with E-state index < -0.39 is 9.84 Å². The van der Waals surface area contributed by atoms with Crippen LogP contribution >= 0.6 is 24.8 Å². The van der Waals surface area contributed by atoms with Gasteiger partial charge in [-0.05, 0) is 75.4 Å². The number of piperidine rings is 1. The third kappa shape index (κ3) is 6.99. The summed E-state index contributed by atoms with van der Waals surface area (Å²) >= 11 is 0. The molecule has 1 unspecified atom stereocenters. The molecule has 0 N–H and O–H groups in total. The minimum absolute atomic E-state index is 0. The Morgan fingerprint density at radius 1 is 0.897 bits per heavy atom. The van der Waals surface area contributed by atoms with Gasteiger partial charge in [-0.3, -0.25) is 9.69 Å².